The lowest BCUT2D eigenvalue weighted by atomic mass is 10.4. The first kappa shape index (κ1) is 11.4. The molecule has 0 spiro atoms. The second-order valence-electron chi connectivity index (χ2n) is 3.12. The molecular formula is C9H9N3OS3. The Morgan fingerprint density at radius 1 is 1.62 bits per heavy atom. The van der Waals surface area contributed by atoms with Crippen LogP contribution in [0.25, 0.3) is 0 Å². The van der Waals surface area contributed by atoms with Gasteiger partial charge in [0.25, 0.3) is 5.91 Å². The maximum atomic E-state index is 11.7. The van der Waals surface area contributed by atoms with Gasteiger partial charge in [0, 0.05) is 13.1 Å². The maximum Gasteiger partial charge on any atom is 0.267 e. The van der Waals surface area contributed by atoms with Gasteiger partial charge in [0.1, 0.15) is 0 Å². The van der Waals surface area contributed by atoms with Gasteiger partial charge in [-0.3, -0.25) is 15.0 Å². The lowest BCUT2D eigenvalue weighted by Crippen LogP contribution is -2.43. The van der Waals surface area contributed by atoms with Crippen LogP contribution in [0.4, 0.5) is 0 Å². The molecule has 1 fully saturated rings. The molecular weight excluding hydrogens is 262 g/mol. The van der Waals surface area contributed by atoms with Crippen molar-refractivity contribution in [2.45, 2.75) is 0 Å². The summed E-state index contributed by atoms with van der Waals surface area (Å²) in [5.74, 6) is -0.185. The summed E-state index contributed by atoms with van der Waals surface area (Å²) in [6.45, 7) is 1.45. The van der Waals surface area contributed by atoms with Crippen LogP contribution in [0.1, 0.15) is 9.67 Å². The van der Waals surface area contributed by atoms with Crippen molar-refractivity contribution in [1.29, 1.82) is 0 Å². The lowest BCUT2D eigenvalue weighted by molar-refractivity contribution is 0.0979. The standard InChI is InChI=1S/C9H9N3OS3/c13-7(6-2-1-5-16-6)11-9(15)12-4-3-10-8(12)14/h1-2,5H,3-4H2,(H,10,14)(H,11,13,15). The third-order valence-electron chi connectivity index (χ3n) is 2.07. The lowest BCUT2D eigenvalue weighted by Gasteiger charge is -2.17. The SMILES string of the molecule is O=C(NC(=S)N1CCNC1=S)c1cccs1. The van der Waals surface area contributed by atoms with E-state index in [1.807, 2.05) is 11.4 Å². The number of hydrogen-bond donors (Lipinski definition) is 2. The molecule has 1 aliphatic heterocycles. The van der Waals surface area contributed by atoms with E-state index in [0.717, 1.165) is 6.54 Å². The summed E-state index contributed by atoms with van der Waals surface area (Å²) >= 11 is 11.5. The number of nitrogens with zero attached hydrogens (tertiary/aromatic N) is 1. The molecule has 1 aromatic rings. The van der Waals surface area contributed by atoms with E-state index in [1.54, 1.807) is 11.0 Å². The molecule has 2 rings (SSSR count). The van der Waals surface area contributed by atoms with Gasteiger partial charge in [0.05, 0.1) is 4.88 Å². The van der Waals surface area contributed by atoms with Crippen molar-refractivity contribution in [3.63, 3.8) is 0 Å². The average molecular weight is 271 g/mol. The van der Waals surface area contributed by atoms with Crippen LogP contribution in [0.2, 0.25) is 0 Å². The Kier molecular flexibility index (Phi) is 3.47. The zero-order chi connectivity index (χ0) is 11.5. The summed E-state index contributed by atoms with van der Waals surface area (Å²) in [5, 5.41) is 8.40. The molecule has 0 bridgehead atoms. The van der Waals surface area contributed by atoms with E-state index in [9.17, 15) is 4.79 Å². The molecule has 0 saturated carbocycles. The van der Waals surface area contributed by atoms with Gasteiger partial charge in [-0.15, -0.1) is 11.3 Å². The van der Waals surface area contributed by atoms with Crippen molar-refractivity contribution < 1.29 is 4.79 Å². The van der Waals surface area contributed by atoms with E-state index in [1.165, 1.54) is 11.3 Å². The Balaban J connectivity index is 1.97. The van der Waals surface area contributed by atoms with Gasteiger partial charge in [0.2, 0.25) is 0 Å². The highest BCUT2D eigenvalue weighted by molar-refractivity contribution is 7.81. The largest absolute Gasteiger partial charge is 0.360 e. The number of amides is 1. The summed E-state index contributed by atoms with van der Waals surface area (Å²) in [4.78, 5) is 14.0. The fourth-order valence-electron chi connectivity index (χ4n) is 1.30. The maximum absolute atomic E-state index is 11.7. The smallest absolute Gasteiger partial charge is 0.267 e. The second kappa shape index (κ2) is 4.86. The summed E-state index contributed by atoms with van der Waals surface area (Å²) in [6, 6.07) is 3.58. The molecule has 7 heteroatoms. The first-order chi connectivity index (χ1) is 7.68. The van der Waals surface area contributed by atoms with E-state index in [-0.39, 0.29) is 5.91 Å². The second-order valence-corrected chi connectivity index (χ2v) is 4.84. The zero-order valence-electron chi connectivity index (χ0n) is 8.23. The first-order valence-electron chi connectivity index (χ1n) is 4.62. The molecule has 0 unspecified atom stereocenters. The van der Waals surface area contributed by atoms with E-state index in [2.05, 4.69) is 10.6 Å². The highest BCUT2D eigenvalue weighted by atomic mass is 32.1. The molecule has 0 aromatic carbocycles. The van der Waals surface area contributed by atoms with Gasteiger partial charge in [0.15, 0.2) is 10.2 Å². The van der Waals surface area contributed by atoms with Crippen molar-refractivity contribution >= 4 is 51.9 Å². The summed E-state index contributed by atoms with van der Waals surface area (Å²) < 4.78 is 0. The van der Waals surface area contributed by atoms with Gasteiger partial charge >= 0.3 is 0 Å². The number of rotatable bonds is 1. The van der Waals surface area contributed by atoms with Gasteiger partial charge < -0.3 is 5.32 Å². The molecule has 2 N–H and O–H groups in total. The van der Waals surface area contributed by atoms with Crippen LogP contribution in [0, 0.1) is 0 Å². The third-order valence-corrected chi connectivity index (χ3v) is 3.62. The van der Waals surface area contributed by atoms with Crippen molar-refractivity contribution in [1.82, 2.24) is 15.5 Å². The van der Waals surface area contributed by atoms with Crippen LogP contribution in [0.15, 0.2) is 17.5 Å². The molecule has 16 heavy (non-hydrogen) atoms. The quantitative estimate of drug-likeness (QED) is 0.745. The highest BCUT2D eigenvalue weighted by Gasteiger charge is 2.21. The van der Waals surface area contributed by atoms with Crippen molar-refractivity contribution in [2.75, 3.05) is 13.1 Å². The van der Waals surface area contributed by atoms with Gasteiger partial charge in [-0.2, -0.15) is 0 Å². The Hall–Kier alpha value is -1.05. The van der Waals surface area contributed by atoms with Crippen LogP contribution in [0.5, 0.6) is 0 Å². The molecule has 0 atom stereocenters. The number of thiophene rings is 1. The van der Waals surface area contributed by atoms with Crippen molar-refractivity contribution in [2.24, 2.45) is 0 Å². The number of hydrogen-bond acceptors (Lipinski definition) is 4. The first-order valence-corrected chi connectivity index (χ1v) is 6.32. The molecule has 0 aliphatic carbocycles. The van der Waals surface area contributed by atoms with Gasteiger partial charge in [-0.25, -0.2) is 0 Å². The third kappa shape index (κ3) is 2.37. The van der Waals surface area contributed by atoms with Crippen LogP contribution in [-0.2, 0) is 0 Å². The fraction of sp³-hybridized carbons (Fsp3) is 0.222. The Morgan fingerprint density at radius 3 is 3.00 bits per heavy atom. The number of carbonyl (C=O) groups excluding carboxylic acids is 1. The molecule has 1 amide bonds. The van der Waals surface area contributed by atoms with E-state index >= 15 is 0 Å². The molecule has 1 aromatic heterocycles. The van der Waals surface area contributed by atoms with Crippen molar-refractivity contribution in [3.05, 3.63) is 22.4 Å². The van der Waals surface area contributed by atoms with E-state index in [0.29, 0.717) is 21.6 Å². The van der Waals surface area contributed by atoms with Crippen LogP contribution in [0.3, 0.4) is 0 Å². The Morgan fingerprint density at radius 2 is 2.44 bits per heavy atom. The van der Waals surface area contributed by atoms with Gasteiger partial charge in [-0.1, -0.05) is 6.07 Å². The van der Waals surface area contributed by atoms with Crippen LogP contribution < -0.4 is 10.6 Å². The topological polar surface area (TPSA) is 44.4 Å². The van der Waals surface area contributed by atoms with E-state index in [4.69, 9.17) is 24.4 Å². The minimum absolute atomic E-state index is 0.185. The number of thiocarbonyl (C=S) groups is 2. The number of carbonyl (C=O) groups is 1. The average Bonchev–Trinajstić information content (AvgIpc) is 2.86. The van der Waals surface area contributed by atoms with Gasteiger partial charge in [-0.05, 0) is 35.9 Å². The minimum Gasteiger partial charge on any atom is -0.360 e. The summed E-state index contributed by atoms with van der Waals surface area (Å²) in [7, 11) is 0. The van der Waals surface area contributed by atoms with Crippen LogP contribution >= 0.6 is 35.8 Å². The Labute approximate surface area is 108 Å². The van der Waals surface area contributed by atoms with Crippen molar-refractivity contribution in [3.8, 4) is 0 Å². The predicted octanol–water partition coefficient (Wildman–Crippen LogP) is 0.953. The van der Waals surface area contributed by atoms with Crippen LogP contribution in [-0.4, -0.2) is 34.1 Å². The molecule has 84 valence electrons. The number of nitrogens with one attached hydrogen (secondary N) is 2. The molecule has 0 radical (unpaired) electrons. The normalized spacial score (nSPS) is 14.8. The molecule has 1 saturated heterocycles. The highest BCUT2D eigenvalue weighted by Crippen LogP contribution is 2.08. The minimum atomic E-state index is -0.185. The monoisotopic (exact) mass is 271 g/mol. The molecule has 1 aliphatic rings. The molecule has 4 nitrogen and oxygen atoms in total. The Bertz CT molecular complexity index is 429. The zero-order valence-corrected chi connectivity index (χ0v) is 10.7. The summed E-state index contributed by atoms with van der Waals surface area (Å²) in [5.41, 5.74) is 0. The molecule has 2 heterocycles. The predicted molar refractivity (Wildman–Crippen MR) is 71.7 cm³/mol. The van der Waals surface area contributed by atoms with E-state index < -0.39 is 0 Å². The summed E-state index contributed by atoms with van der Waals surface area (Å²) in [6.07, 6.45) is 0. The fourth-order valence-corrected chi connectivity index (χ4v) is 2.54.